The second kappa shape index (κ2) is 5.30. The van der Waals surface area contributed by atoms with Gasteiger partial charge < -0.3 is 10.1 Å². The van der Waals surface area contributed by atoms with Crippen LogP contribution in [0.25, 0.3) is 0 Å². The maximum atomic E-state index is 12.1. The fourth-order valence-corrected chi connectivity index (χ4v) is 2.06. The number of nitrogens with zero attached hydrogens (tertiary/aromatic N) is 2. The lowest BCUT2D eigenvalue weighted by atomic mass is 9.97. The van der Waals surface area contributed by atoms with Crippen LogP contribution in [0.15, 0.2) is 6.07 Å². The third-order valence-corrected chi connectivity index (χ3v) is 3.13. The number of methoxy groups -OCH3 is 1. The lowest BCUT2D eigenvalue weighted by molar-refractivity contribution is -0.120. The van der Waals surface area contributed by atoms with Crippen molar-refractivity contribution in [2.24, 2.45) is 11.8 Å². The Hall–Kier alpha value is -1.69. The highest BCUT2D eigenvalue weighted by Gasteiger charge is 2.29. The Morgan fingerprint density at radius 2 is 2.28 bits per heavy atom. The molecule has 1 aliphatic rings. The second-order valence-electron chi connectivity index (χ2n) is 4.61. The zero-order valence-electron chi connectivity index (χ0n) is 10.9. The quantitative estimate of drug-likeness (QED) is 0.821. The average Bonchev–Trinajstić information content (AvgIpc) is 2.74. The monoisotopic (exact) mass is 250 g/mol. The lowest BCUT2D eigenvalue weighted by Crippen LogP contribution is -2.28. The zero-order chi connectivity index (χ0) is 13.1. The summed E-state index contributed by atoms with van der Waals surface area (Å²) in [6.07, 6.45) is 0. The van der Waals surface area contributed by atoms with Gasteiger partial charge in [0, 0.05) is 18.3 Å². The Morgan fingerprint density at radius 1 is 1.50 bits per heavy atom. The molecule has 2 atom stereocenters. The van der Waals surface area contributed by atoms with Gasteiger partial charge in [0.15, 0.2) is 0 Å². The molecule has 1 aromatic rings. The van der Waals surface area contributed by atoms with Gasteiger partial charge in [0.25, 0.3) is 0 Å². The number of hydrogen-bond donors (Lipinski definition) is 2. The normalized spacial score (nSPS) is 22.8. The summed E-state index contributed by atoms with van der Waals surface area (Å²) in [5.74, 6) is 1.02. The number of hydrogen-bond acceptors (Lipinski definition) is 5. The number of amides is 1. The van der Waals surface area contributed by atoms with Crippen LogP contribution in [0.5, 0.6) is 5.88 Å². The average molecular weight is 250 g/mol. The van der Waals surface area contributed by atoms with Crippen molar-refractivity contribution in [2.75, 3.05) is 25.5 Å². The standard InChI is InChI=1S/C12H18N4O2/c1-7-5-13-6-9(7)11(17)16-12-14-8(2)4-10(15-12)18-3/h4,7,9,13H,5-6H2,1-3H3,(H,14,15,16,17)/t7-,9-/m1/s1. The zero-order valence-corrected chi connectivity index (χ0v) is 10.9. The van der Waals surface area contributed by atoms with Gasteiger partial charge in [-0.1, -0.05) is 6.92 Å². The van der Waals surface area contributed by atoms with Gasteiger partial charge in [0.2, 0.25) is 17.7 Å². The highest BCUT2D eigenvalue weighted by Crippen LogP contribution is 2.18. The largest absolute Gasteiger partial charge is 0.481 e. The number of aryl methyl sites for hydroxylation is 1. The summed E-state index contributed by atoms with van der Waals surface area (Å²) in [5.41, 5.74) is 0.759. The molecule has 6 nitrogen and oxygen atoms in total. The van der Waals surface area contributed by atoms with E-state index in [-0.39, 0.29) is 11.8 Å². The van der Waals surface area contributed by atoms with E-state index >= 15 is 0 Å². The molecule has 1 aliphatic heterocycles. The van der Waals surface area contributed by atoms with Gasteiger partial charge >= 0.3 is 0 Å². The maximum Gasteiger partial charge on any atom is 0.232 e. The van der Waals surface area contributed by atoms with E-state index in [1.165, 1.54) is 7.11 Å². The number of carbonyl (C=O) groups excluding carboxylic acids is 1. The van der Waals surface area contributed by atoms with Gasteiger partial charge in [-0.25, -0.2) is 4.98 Å². The second-order valence-corrected chi connectivity index (χ2v) is 4.61. The number of aromatic nitrogens is 2. The molecular weight excluding hydrogens is 232 g/mol. The Labute approximate surface area is 106 Å². The van der Waals surface area contributed by atoms with Crippen LogP contribution in [0.1, 0.15) is 12.6 Å². The summed E-state index contributed by atoms with van der Waals surface area (Å²) in [6.45, 7) is 5.47. The molecule has 98 valence electrons. The summed E-state index contributed by atoms with van der Waals surface area (Å²) in [6, 6.07) is 1.72. The highest BCUT2D eigenvalue weighted by atomic mass is 16.5. The maximum absolute atomic E-state index is 12.1. The van der Waals surface area contributed by atoms with Crippen LogP contribution in [0.2, 0.25) is 0 Å². The van der Waals surface area contributed by atoms with Crippen LogP contribution in [0, 0.1) is 18.8 Å². The third kappa shape index (κ3) is 2.76. The number of carbonyl (C=O) groups is 1. The van der Waals surface area contributed by atoms with Crippen LogP contribution in [-0.4, -0.2) is 36.1 Å². The predicted molar refractivity (Wildman–Crippen MR) is 67.5 cm³/mol. The predicted octanol–water partition coefficient (Wildman–Crippen LogP) is 0.588. The van der Waals surface area contributed by atoms with Crippen molar-refractivity contribution in [1.29, 1.82) is 0 Å². The van der Waals surface area contributed by atoms with Crippen molar-refractivity contribution in [3.05, 3.63) is 11.8 Å². The molecule has 2 rings (SSSR count). The first-order valence-electron chi connectivity index (χ1n) is 6.01. The number of anilines is 1. The van der Waals surface area contributed by atoms with E-state index in [0.29, 0.717) is 24.3 Å². The Morgan fingerprint density at radius 3 is 2.89 bits per heavy atom. The summed E-state index contributed by atoms with van der Waals surface area (Å²) in [5, 5.41) is 5.95. The molecule has 0 saturated carbocycles. The van der Waals surface area contributed by atoms with Crippen LogP contribution in [0.3, 0.4) is 0 Å². The van der Waals surface area contributed by atoms with E-state index in [9.17, 15) is 4.79 Å². The van der Waals surface area contributed by atoms with E-state index in [1.807, 2.05) is 6.92 Å². The molecule has 1 saturated heterocycles. The molecule has 1 fully saturated rings. The van der Waals surface area contributed by atoms with Gasteiger partial charge in [-0.05, 0) is 19.4 Å². The molecule has 0 unspecified atom stereocenters. The molecule has 6 heteroatoms. The van der Waals surface area contributed by atoms with Crippen LogP contribution < -0.4 is 15.4 Å². The number of ether oxygens (including phenoxy) is 1. The SMILES string of the molecule is COc1cc(C)nc(NC(=O)[C@@H]2CNC[C@H]2C)n1. The summed E-state index contributed by atoms with van der Waals surface area (Å²) < 4.78 is 5.05. The lowest BCUT2D eigenvalue weighted by Gasteiger charge is -2.13. The van der Waals surface area contributed by atoms with Crippen LogP contribution >= 0.6 is 0 Å². The molecular formula is C12H18N4O2. The third-order valence-electron chi connectivity index (χ3n) is 3.13. The van der Waals surface area contributed by atoms with Crippen molar-refractivity contribution in [1.82, 2.24) is 15.3 Å². The molecule has 0 aromatic carbocycles. The van der Waals surface area contributed by atoms with E-state index in [4.69, 9.17) is 4.74 Å². The molecule has 0 aliphatic carbocycles. The molecule has 2 N–H and O–H groups in total. The van der Waals surface area contributed by atoms with Gasteiger partial charge in [-0.2, -0.15) is 4.98 Å². The first kappa shape index (κ1) is 12.8. The van der Waals surface area contributed by atoms with Crippen molar-refractivity contribution in [3.63, 3.8) is 0 Å². The fourth-order valence-electron chi connectivity index (χ4n) is 2.06. The van der Waals surface area contributed by atoms with Gasteiger partial charge in [0.1, 0.15) is 0 Å². The van der Waals surface area contributed by atoms with Gasteiger partial charge in [-0.3, -0.25) is 10.1 Å². The fraction of sp³-hybridized carbons (Fsp3) is 0.583. The molecule has 2 heterocycles. The molecule has 1 aromatic heterocycles. The van der Waals surface area contributed by atoms with Crippen molar-refractivity contribution in [3.8, 4) is 5.88 Å². The van der Waals surface area contributed by atoms with E-state index in [1.54, 1.807) is 6.07 Å². The minimum absolute atomic E-state index is 0.0277. The van der Waals surface area contributed by atoms with E-state index in [2.05, 4.69) is 27.5 Å². The smallest absolute Gasteiger partial charge is 0.232 e. The first-order chi connectivity index (χ1) is 8.60. The summed E-state index contributed by atoms with van der Waals surface area (Å²) >= 11 is 0. The van der Waals surface area contributed by atoms with Crippen LogP contribution in [-0.2, 0) is 4.79 Å². The summed E-state index contributed by atoms with van der Waals surface area (Å²) in [4.78, 5) is 20.3. The Kier molecular flexibility index (Phi) is 3.76. The highest BCUT2D eigenvalue weighted by molar-refractivity contribution is 5.91. The molecule has 18 heavy (non-hydrogen) atoms. The Balaban J connectivity index is 2.09. The summed E-state index contributed by atoms with van der Waals surface area (Å²) in [7, 11) is 1.54. The van der Waals surface area contributed by atoms with E-state index in [0.717, 1.165) is 12.2 Å². The topological polar surface area (TPSA) is 76.1 Å². The first-order valence-corrected chi connectivity index (χ1v) is 6.01. The molecule has 0 bridgehead atoms. The minimum atomic E-state index is -0.0415. The molecule has 1 amide bonds. The van der Waals surface area contributed by atoms with E-state index < -0.39 is 0 Å². The van der Waals surface area contributed by atoms with Gasteiger partial charge in [-0.15, -0.1) is 0 Å². The van der Waals surface area contributed by atoms with Crippen molar-refractivity contribution in [2.45, 2.75) is 13.8 Å². The van der Waals surface area contributed by atoms with Gasteiger partial charge in [0.05, 0.1) is 13.0 Å². The number of nitrogens with one attached hydrogen (secondary N) is 2. The Bertz CT molecular complexity index is 450. The van der Waals surface area contributed by atoms with Crippen molar-refractivity contribution >= 4 is 11.9 Å². The number of rotatable bonds is 3. The molecule has 0 radical (unpaired) electrons. The minimum Gasteiger partial charge on any atom is -0.481 e. The van der Waals surface area contributed by atoms with Crippen LogP contribution in [0.4, 0.5) is 5.95 Å². The molecule has 0 spiro atoms. The van der Waals surface area contributed by atoms with Crippen molar-refractivity contribution < 1.29 is 9.53 Å².